The van der Waals surface area contributed by atoms with Gasteiger partial charge in [-0.3, -0.25) is 19.2 Å². The van der Waals surface area contributed by atoms with Crippen molar-refractivity contribution in [3.05, 3.63) is 65.0 Å². The van der Waals surface area contributed by atoms with Crippen LogP contribution < -0.4 is 9.46 Å². The van der Waals surface area contributed by atoms with E-state index in [1.165, 1.54) is 12.1 Å². The quantitative estimate of drug-likeness (QED) is 0.499. The fraction of sp³-hybridized carbons (Fsp3) is 0.440. The van der Waals surface area contributed by atoms with E-state index in [0.717, 1.165) is 24.6 Å². The van der Waals surface area contributed by atoms with Crippen LogP contribution in [0.4, 0.5) is 17.6 Å². The number of halogens is 4. The standard InChI is InChI=1S/C25H29F4N3O5S/c1-16-12-32(17(2)11-31(16)13-19-4-7-22(26)8-5-19)24(34)14-37-23-9-6-21(25(27,28)29)10-20(23)15-38(35,36)30-18(3)33/h4-10,16-17H,11-15H2,1-3H3,(H,30,33)/t16-,17+/m0/s1. The van der Waals surface area contributed by atoms with E-state index < -0.39 is 45.9 Å². The molecule has 0 radical (unpaired) electrons. The summed E-state index contributed by atoms with van der Waals surface area (Å²) in [5.41, 5.74) is -0.506. The third-order valence-electron chi connectivity index (χ3n) is 6.12. The summed E-state index contributed by atoms with van der Waals surface area (Å²) in [5, 5.41) is 0. The third kappa shape index (κ3) is 7.90. The molecule has 2 atom stereocenters. The van der Waals surface area contributed by atoms with Crippen molar-refractivity contribution in [3.8, 4) is 5.75 Å². The zero-order valence-electron chi connectivity index (χ0n) is 21.1. The molecule has 0 saturated carbocycles. The van der Waals surface area contributed by atoms with E-state index >= 15 is 0 Å². The monoisotopic (exact) mass is 559 g/mol. The van der Waals surface area contributed by atoms with Gasteiger partial charge in [-0.25, -0.2) is 12.8 Å². The molecule has 1 heterocycles. The number of nitrogens with zero attached hydrogens (tertiary/aromatic N) is 2. The highest BCUT2D eigenvalue weighted by Gasteiger charge is 2.34. The van der Waals surface area contributed by atoms with Crippen LogP contribution in [-0.4, -0.2) is 61.8 Å². The Balaban J connectivity index is 1.70. The number of nitrogens with one attached hydrogen (secondary N) is 1. The van der Waals surface area contributed by atoms with Gasteiger partial charge in [0.2, 0.25) is 15.9 Å². The Morgan fingerprint density at radius 3 is 2.32 bits per heavy atom. The van der Waals surface area contributed by atoms with Crippen molar-refractivity contribution in [3.63, 3.8) is 0 Å². The molecular weight excluding hydrogens is 530 g/mol. The van der Waals surface area contributed by atoms with Crippen molar-refractivity contribution >= 4 is 21.8 Å². The van der Waals surface area contributed by atoms with E-state index in [1.54, 1.807) is 21.8 Å². The van der Waals surface area contributed by atoms with Gasteiger partial charge in [0.05, 0.1) is 11.3 Å². The fourth-order valence-electron chi connectivity index (χ4n) is 4.28. The molecule has 8 nitrogen and oxygen atoms in total. The number of amides is 2. The Hall–Kier alpha value is -3.19. The Bertz CT molecular complexity index is 1270. The molecule has 1 aliphatic heterocycles. The summed E-state index contributed by atoms with van der Waals surface area (Å²) in [6.07, 6.45) is -4.74. The van der Waals surface area contributed by atoms with Crippen LogP contribution in [0.1, 0.15) is 37.5 Å². The predicted molar refractivity (Wildman–Crippen MR) is 131 cm³/mol. The third-order valence-corrected chi connectivity index (χ3v) is 7.41. The SMILES string of the molecule is CC(=O)NS(=O)(=O)Cc1cc(C(F)(F)F)ccc1OCC(=O)N1C[C@H](C)N(Cc2ccc(F)cc2)C[C@H]1C. The Morgan fingerprint density at radius 2 is 1.71 bits per heavy atom. The number of carbonyl (C=O) groups is 2. The largest absolute Gasteiger partial charge is 0.483 e. The molecule has 3 rings (SSSR count). The van der Waals surface area contributed by atoms with Crippen LogP contribution in [-0.2, 0) is 38.1 Å². The molecule has 1 N–H and O–H groups in total. The van der Waals surface area contributed by atoms with E-state index in [0.29, 0.717) is 25.7 Å². The second-order valence-corrected chi connectivity index (χ2v) is 11.0. The first kappa shape index (κ1) is 29.4. The van der Waals surface area contributed by atoms with Crippen molar-refractivity contribution in [2.24, 2.45) is 0 Å². The highest BCUT2D eigenvalue weighted by atomic mass is 32.2. The van der Waals surface area contributed by atoms with Crippen molar-refractivity contribution < 1.29 is 40.3 Å². The normalized spacial score (nSPS) is 18.8. The average molecular weight is 560 g/mol. The number of hydrogen-bond donors (Lipinski definition) is 1. The second kappa shape index (κ2) is 11.7. The average Bonchev–Trinajstić information content (AvgIpc) is 2.79. The first-order valence-corrected chi connectivity index (χ1v) is 13.4. The second-order valence-electron chi connectivity index (χ2n) is 9.33. The summed E-state index contributed by atoms with van der Waals surface area (Å²) < 4.78 is 84.5. The predicted octanol–water partition coefficient (Wildman–Crippen LogP) is 3.31. The lowest BCUT2D eigenvalue weighted by molar-refractivity contribution is -0.140. The first-order chi connectivity index (χ1) is 17.6. The van der Waals surface area contributed by atoms with Crippen LogP contribution in [0.5, 0.6) is 5.75 Å². The number of sulfonamides is 1. The van der Waals surface area contributed by atoms with Crippen molar-refractivity contribution in [1.29, 1.82) is 0 Å². The molecule has 0 unspecified atom stereocenters. The molecule has 2 aromatic rings. The number of benzene rings is 2. The van der Waals surface area contributed by atoms with Crippen LogP contribution in [0.25, 0.3) is 0 Å². The zero-order valence-corrected chi connectivity index (χ0v) is 21.9. The number of piperazine rings is 1. The lowest BCUT2D eigenvalue weighted by atomic mass is 10.1. The van der Waals surface area contributed by atoms with Crippen LogP contribution in [0.15, 0.2) is 42.5 Å². The van der Waals surface area contributed by atoms with Gasteiger partial charge in [-0.05, 0) is 49.7 Å². The summed E-state index contributed by atoms with van der Waals surface area (Å²) in [6, 6.07) is 8.24. The molecule has 2 amide bonds. The Morgan fingerprint density at radius 1 is 1.05 bits per heavy atom. The van der Waals surface area contributed by atoms with Gasteiger partial charge in [0.25, 0.3) is 5.91 Å². The molecular formula is C25H29F4N3O5S. The number of hydrogen-bond acceptors (Lipinski definition) is 6. The van der Waals surface area contributed by atoms with Gasteiger partial charge in [0.15, 0.2) is 6.61 Å². The summed E-state index contributed by atoms with van der Waals surface area (Å²) in [5.74, 6) is -2.79. The fourth-order valence-corrected chi connectivity index (χ4v) is 5.43. The number of rotatable bonds is 8. The van der Waals surface area contributed by atoms with Gasteiger partial charge in [-0.2, -0.15) is 13.2 Å². The number of ether oxygens (including phenoxy) is 1. The minimum Gasteiger partial charge on any atom is -0.483 e. The first-order valence-electron chi connectivity index (χ1n) is 11.8. The molecule has 0 bridgehead atoms. The molecule has 2 aromatic carbocycles. The van der Waals surface area contributed by atoms with Gasteiger partial charge in [0.1, 0.15) is 11.6 Å². The van der Waals surface area contributed by atoms with Crippen molar-refractivity contribution in [1.82, 2.24) is 14.5 Å². The summed E-state index contributed by atoms with van der Waals surface area (Å²) in [4.78, 5) is 27.9. The van der Waals surface area contributed by atoms with Crippen molar-refractivity contribution in [2.45, 2.75) is 51.3 Å². The summed E-state index contributed by atoms with van der Waals surface area (Å²) in [7, 11) is -4.30. The maximum atomic E-state index is 13.2. The van der Waals surface area contributed by atoms with Gasteiger partial charge in [-0.15, -0.1) is 0 Å². The topological polar surface area (TPSA) is 96.0 Å². The lowest BCUT2D eigenvalue weighted by Crippen LogP contribution is -2.58. The van der Waals surface area contributed by atoms with Crippen LogP contribution >= 0.6 is 0 Å². The van der Waals surface area contributed by atoms with Gasteiger partial charge < -0.3 is 9.64 Å². The Kier molecular flexibility index (Phi) is 9.03. The molecule has 208 valence electrons. The van der Waals surface area contributed by atoms with E-state index in [2.05, 4.69) is 4.90 Å². The highest BCUT2D eigenvalue weighted by molar-refractivity contribution is 7.89. The molecule has 1 fully saturated rings. The van der Waals surface area contributed by atoms with Crippen molar-refractivity contribution in [2.75, 3.05) is 19.7 Å². The van der Waals surface area contributed by atoms with Crippen LogP contribution in [0.2, 0.25) is 0 Å². The molecule has 13 heteroatoms. The van der Waals surface area contributed by atoms with E-state index in [-0.39, 0.29) is 29.2 Å². The van der Waals surface area contributed by atoms with E-state index in [1.807, 2.05) is 13.8 Å². The van der Waals surface area contributed by atoms with E-state index in [9.17, 15) is 35.6 Å². The lowest BCUT2D eigenvalue weighted by Gasteiger charge is -2.44. The Labute approximate surface area is 218 Å². The molecule has 0 spiro atoms. The molecule has 0 aliphatic carbocycles. The summed E-state index contributed by atoms with van der Waals surface area (Å²) in [6.45, 7) is 5.70. The molecule has 1 saturated heterocycles. The van der Waals surface area contributed by atoms with Gasteiger partial charge in [-0.1, -0.05) is 12.1 Å². The number of alkyl halides is 3. The minimum absolute atomic E-state index is 0.0374. The molecule has 38 heavy (non-hydrogen) atoms. The number of carbonyl (C=O) groups excluding carboxylic acids is 2. The summed E-state index contributed by atoms with van der Waals surface area (Å²) >= 11 is 0. The molecule has 1 aliphatic rings. The van der Waals surface area contributed by atoms with E-state index in [4.69, 9.17) is 4.74 Å². The maximum Gasteiger partial charge on any atom is 0.416 e. The van der Waals surface area contributed by atoms with Crippen LogP contribution in [0.3, 0.4) is 0 Å². The zero-order chi connectivity index (χ0) is 28.3. The van der Waals surface area contributed by atoms with Gasteiger partial charge in [0, 0.05) is 44.2 Å². The molecule has 0 aromatic heterocycles. The minimum atomic E-state index is -4.74. The maximum absolute atomic E-state index is 13.2. The van der Waals surface area contributed by atoms with Crippen LogP contribution in [0, 0.1) is 5.82 Å². The highest BCUT2D eigenvalue weighted by Crippen LogP contribution is 2.33. The van der Waals surface area contributed by atoms with Gasteiger partial charge >= 0.3 is 6.18 Å². The smallest absolute Gasteiger partial charge is 0.416 e.